The lowest BCUT2D eigenvalue weighted by Crippen LogP contribution is -2.50. The third kappa shape index (κ3) is 3.22. The topological polar surface area (TPSA) is 23.6 Å². The lowest BCUT2D eigenvalue weighted by molar-refractivity contribution is 0.0666. The van der Waals surface area contributed by atoms with Crippen molar-refractivity contribution in [2.75, 3.05) is 18.0 Å². The minimum Gasteiger partial charge on any atom is -0.363 e. The molecule has 2 saturated heterocycles. The molecule has 2 atom stereocenters. The molecule has 4 heteroatoms. The van der Waals surface area contributed by atoms with Crippen LogP contribution in [0.3, 0.4) is 0 Å². The van der Waals surface area contributed by atoms with Gasteiger partial charge in [0.25, 0.3) is 5.91 Å². The molecule has 2 heterocycles. The molecule has 142 valence electrons. The number of halogens is 1. The molecule has 2 aromatic carbocycles. The molecule has 0 aromatic heterocycles. The average Bonchev–Trinajstić information content (AvgIpc) is 2.90. The van der Waals surface area contributed by atoms with Crippen molar-refractivity contribution in [2.45, 2.75) is 45.2 Å². The molecule has 0 bridgehead atoms. The molecule has 2 aromatic rings. The van der Waals surface area contributed by atoms with Crippen LogP contribution in [0.2, 0.25) is 0 Å². The number of hydrogen-bond acceptors (Lipinski definition) is 2. The van der Waals surface area contributed by atoms with Gasteiger partial charge >= 0.3 is 0 Å². The number of aryl methyl sites for hydroxylation is 1. The summed E-state index contributed by atoms with van der Waals surface area (Å²) in [6.07, 6.45) is 1.92. The lowest BCUT2D eigenvalue weighted by atomic mass is 9.89. The van der Waals surface area contributed by atoms with E-state index in [0.717, 1.165) is 42.7 Å². The van der Waals surface area contributed by atoms with Crippen LogP contribution in [0.25, 0.3) is 0 Å². The van der Waals surface area contributed by atoms with E-state index in [1.54, 1.807) is 12.1 Å². The highest BCUT2D eigenvalue weighted by Gasteiger charge is 2.48. The van der Waals surface area contributed by atoms with Crippen molar-refractivity contribution in [1.82, 2.24) is 4.90 Å². The minimum atomic E-state index is -0.195. The van der Waals surface area contributed by atoms with Gasteiger partial charge in [0.15, 0.2) is 0 Å². The van der Waals surface area contributed by atoms with Crippen molar-refractivity contribution >= 4 is 11.6 Å². The Hall–Kier alpha value is -2.36. The fraction of sp³-hybridized carbons (Fsp3) is 0.435. The first kappa shape index (κ1) is 18.0. The summed E-state index contributed by atoms with van der Waals surface area (Å²) in [5, 5.41) is 0. The minimum absolute atomic E-state index is 0.0507. The molecule has 0 saturated carbocycles. The number of hydrogen-bond donors (Lipinski definition) is 0. The predicted molar refractivity (Wildman–Crippen MR) is 107 cm³/mol. The van der Waals surface area contributed by atoms with Crippen molar-refractivity contribution in [3.05, 3.63) is 65.5 Å². The van der Waals surface area contributed by atoms with E-state index < -0.39 is 0 Å². The molecular formula is C23H27FN2O. The second kappa shape index (κ2) is 6.66. The van der Waals surface area contributed by atoms with Crippen LogP contribution in [-0.4, -0.2) is 35.5 Å². The fourth-order valence-corrected chi connectivity index (χ4v) is 5.08. The van der Waals surface area contributed by atoms with E-state index in [1.165, 1.54) is 6.07 Å². The first-order valence-corrected chi connectivity index (χ1v) is 9.76. The maximum atomic E-state index is 13.8. The van der Waals surface area contributed by atoms with Crippen LogP contribution in [0.15, 0.2) is 48.5 Å². The Morgan fingerprint density at radius 2 is 1.93 bits per heavy atom. The van der Waals surface area contributed by atoms with Gasteiger partial charge in [-0.1, -0.05) is 24.3 Å². The van der Waals surface area contributed by atoms with Gasteiger partial charge in [-0.15, -0.1) is 0 Å². The van der Waals surface area contributed by atoms with Crippen LogP contribution in [0.5, 0.6) is 0 Å². The van der Waals surface area contributed by atoms with Gasteiger partial charge in [-0.05, 0) is 69.4 Å². The molecule has 0 unspecified atom stereocenters. The van der Waals surface area contributed by atoms with E-state index >= 15 is 0 Å². The molecule has 1 amide bonds. The normalized spacial score (nSPS) is 24.0. The number of amides is 1. The van der Waals surface area contributed by atoms with Gasteiger partial charge in [0.05, 0.1) is 0 Å². The molecule has 3 nitrogen and oxygen atoms in total. The smallest absolute Gasteiger partial charge is 0.254 e. The number of piperidine rings is 1. The third-order valence-electron chi connectivity index (χ3n) is 6.19. The standard InChI is InChI=1S/C23H27FN2O/c1-16-7-4-5-10-20(16)22(27)25-12-11-21-17(15-25)14-23(2,3)26(21)19-9-6-8-18(24)13-19/h4-10,13,17,21H,11-12,14-15H2,1-3H3/t17-,21+/m1/s1. The molecule has 2 fully saturated rings. The Bertz CT molecular complexity index is 863. The van der Waals surface area contributed by atoms with Crippen LogP contribution in [-0.2, 0) is 0 Å². The summed E-state index contributed by atoms with van der Waals surface area (Å²) >= 11 is 0. The van der Waals surface area contributed by atoms with Crippen molar-refractivity contribution in [1.29, 1.82) is 0 Å². The fourth-order valence-electron chi connectivity index (χ4n) is 5.08. The summed E-state index contributed by atoms with van der Waals surface area (Å²) in [7, 11) is 0. The van der Waals surface area contributed by atoms with Crippen molar-refractivity contribution in [3.63, 3.8) is 0 Å². The highest BCUT2D eigenvalue weighted by atomic mass is 19.1. The zero-order chi connectivity index (χ0) is 19.2. The molecular weight excluding hydrogens is 339 g/mol. The van der Waals surface area contributed by atoms with E-state index in [4.69, 9.17) is 0 Å². The Morgan fingerprint density at radius 3 is 2.67 bits per heavy atom. The number of nitrogens with zero attached hydrogens (tertiary/aromatic N) is 2. The number of benzene rings is 2. The molecule has 4 rings (SSSR count). The lowest BCUT2D eigenvalue weighted by Gasteiger charge is -2.42. The number of fused-ring (bicyclic) bond motifs is 1. The number of carbonyl (C=O) groups excluding carboxylic acids is 1. The maximum Gasteiger partial charge on any atom is 0.254 e. The van der Waals surface area contributed by atoms with E-state index in [9.17, 15) is 9.18 Å². The van der Waals surface area contributed by atoms with E-state index in [2.05, 4.69) is 18.7 Å². The number of anilines is 1. The van der Waals surface area contributed by atoms with Gasteiger partial charge in [-0.25, -0.2) is 4.39 Å². The number of likely N-dealkylation sites (tertiary alicyclic amines) is 1. The Kier molecular flexibility index (Phi) is 4.45. The Balaban J connectivity index is 1.57. The van der Waals surface area contributed by atoms with E-state index in [-0.39, 0.29) is 17.3 Å². The van der Waals surface area contributed by atoms with Crippen LogP contribution in [0.1, 0.15) is 42.6 Å². The predicted octanol–water partition coefficient (Wildman–Crippen LogP) is 4.65. The maximum absolute atomic E-state index is 13.8. The van der Waals surface area contributed by atoms with Crippen LogP contribution in [0.4, 0.5) is 10.1 Å². The second-order valence-corrected chi connectivity index (χ2v) is 8.55. The second-order valence-electron chi connectivity index (χ2n) is 8.55. The molecule has 0 aliphatic carbocycles. The Labute approximate surface area is 160 Å². The third-order valence-corrected chi connectivity index (χ3v) is 6.19. The highest BCUT2D eigenvalue weighted by Crippen LogP contribution is 2.44. The van der Waals surface area contributed by atoms with Crippen molar-refractivity contribution in [2.24, 2.45) is 5.92 Å². The summed E-state index contributed by atoms with van der Waals surface area (Å²) in [5.74, 6) is 0.345. The first-order valence-electron chi connectivity index (χ1n) is 9.76. The van der Waals surface area contributed by atoms with Gasteiger partial charge in [-0.2, -0.15) is 0 Å². The van der Waals surface area contributed by atoms with Crippen LogP contribution in [0, 0.1) is 18.7 Å². The monoisotopic (exact) mass is 366 g/mol. The van der Waals surface area contributed by atoms with Gasteiger partial charge in [0.1, 0.15) is 5.82 Å². The van der Waals surface area contributed by atoms with E-state index in [1.807, 2.05) is 42.2 Å². The molecule has 2 aliphatic rings. The van der Waals surface area contributed by atoms with Crippen molar-refractivity contribution in [3.8, 4) is 0 Å². The van der Waals surface area contributed by atoms with Gasteiger partial charge < -0.3 is 9.80 Å². The van der Waals surface area contributed by atoms with Gasteiger partial charge in [-0.3, -0.25) is 4.79 Å². The Morgan fingerprint density at radius 1 is 1.15 bits per heavy atom. The highest BCUT2D eigenvalue weighted by molar-refractivity contribution is 5.95. The average molecular weight is 366 g/mol. The summed E-state index contributed by atoms with van der Waals surface area (Å²) < 4.78 is 13.8. The van der Waals surface area contributed by atoms with Crippen LogP contribution < -0.4 is 4.90 Å². The summed E-state index contributed by atoms with van der Waals surface area (Å²) in [6.45, 7) is 7.96. The van der Waals surface area contributed by atoms with E-state index in [0.29, 0.717) is 12.0 Å². The molecule has 0 radical (unpaired) electrons. The first-order chi connectivity index (χ1) is 12.9. The molecule has 0 spiro atoms. The summed E-state index contributed by atoms with van der Waals surface area (Å²) in [6, 6.07) is 15.1. The quantitative estimate of drug-likeness (QED) is 0.772. The number of carbonyl (C=O) groups is 1. The number of rotatable bonds is 2. The summed E-state index contributed by atoms with van der Waals surface area (Å²) in [5.41, 5.74) is 2.73. The molecule has 0 N–H and O–H groups in total. The zero-order valence-corrected chi connectivity index (χ0v) is 16.3. The van der Waals surface area contributed by atoms with Gasteiger partial charge in [0, 0.05) is 35.9 Å². The molecule has 27 heavy (non-hydrogen) atoms. The molecule has 2 aliphatic heterocycles. The van der Waals surface area contributed by atoms with Crippen molar-refractivity contribution < 1.29 is 9.18 Å². The largest absolute Gasteiger partial charge is 0.363 e. The van der Waals surface area contributed by atoms with Gasteiger partial charge in [0.2, 0.25) is 0 Å². The zero-order valence-electron chi connectivity index (χ0n) is 16.3. The SMILES string of the molecule is Cc1ccccc1C(=O)N1CC[C@H]2[C@@H](C1)CC(C)(C)N2c1cccc(F)c1. The summed E-state index contributed by atoms with van der Waals surface area (Å²) in [4.78, 5) is 17.4. The van der Waals surface area contributed by atoms with Crippen LogP contribution >= 0.6 is 0 Å².